The van der Waals surface area contributed by atoms with Crippen molar-refractivity contribution < 1.29 is 9.53 Å². The van der Waals surface area contributed by atoms with E-state index in [1.165, 1.54) is 0 Å². The number of carbonyl (C=O) groups excluding carboxylic acids is 1. The molecule has 0 aliphatic rings. The summed E-state index contributed by atoms with van der Waals surface area (Å²) in [5.74, 6) is -0.281. The smallest absolute Gasteiger partial charge is 0.340 e. The third-order valence-corrected chi connectivity index (χ3v) is 2.14. The van der Waals surface area contributed by atoms with Gasteiger partial charge in [0.2, 0.25) is 0 Å². The monoisotopic (exact) mass is 217 g/mol. The molecule has 0 N–H and O–H groups in total. The van der Waals surface area contributed by atoms with E-state index in [9.17, 15) is 4.79 Å². The first kappa shape index (κ1) is 10.7. The summed E-state index contributed by atoms with van der Waals surface area (Å²) in [5, 5.41) is 0. The first-order valence-corrected chi connectivity index (χ1v) is 5.26. The van der Waals surface area contributed by atoms with Gasteiger partial charge >= 0.3 is 5.97 Å². The van der Waals surface area contributed by atoms with Crippen molar-refractivity contribution in [1.29, 1.82) is 0 Å². The van der Waals surface area contributed by atoms with Crippen LogP contribution < -0.4 is 0 Å². The number of fused-ring (bicyclic) bond motifs is 1. The Balaban J connectivity index is 2.30. The van der Waals surface area contributed by atoms with Crippen molar-refractivity contribution >= 4 is 11.5 Å². The summed E-state index contributed by atoms with van der Waals surface area (Å²) < 4.78 is 7.20. The second-order valence-electron chi connectivity index (χ2n) is 4.76. The van der Waals surface area contributed by atoms with Crippen molar-refractivity contribution in [3.05, 3.63) is 42.2 Å². The maximum atomic E-state index is 11.8. The van der Waals surface area contributed by atoms with Crippen molar-refractivity contribution in [2.75, 3.05) is 0 Å². The topological polar surface area (TPSA) is 30.7 Å². The normalized spacial score (nSPS) is 11.7. The highest BCUT2D eigenvalue weighted by Gasteiger charge is 2.18. The lowest BCUT2D eigenvalue weighted by Crippen LogP contribution is -2.23. The number of nitrogens with zero attached hydrogens (tertiary/aromatic N) is 1. The van der Waals surface area contributed by atoms with E-state index in [0.29, 0.717) is 5.56 Å². The van der Waals surface area contributed by atoms with Gasteiger partial charge in [0.05, 0.1) is 5.56 Å². The van der Waals surface area contributed by atoms with E-state index in [-0.39, 0.29) is 5.97 Å². The van der Waals surface area contributed by atoms with Gasteiger partial charge in [0.15, 0.2) is 0 Å². The summed E-state index contributed by atoms with van der Waals surface area (Å²) in [5.41, 5.74) is 1.12. The van der Waals surface area contributed by atoms with Crippen molar-refractivity contribution in [2.45, 2.75) is 26.4 Å². The molecule has 3 heteroatoms. The summed E-state index contributed by atoms with van der Waals surface area (Å²) in [6.07, 6.45) is 3.69. The molecule has 2 heterocycles. The molecule has 0 saturated carbocycles. The lowest BCUT2D eigenvalue weighted by atomic mass is 10.2. The average molecular weight is 217 g/mol. The first-order chi connectivity index (χ1) is 7.46. The van der Waals surface area contributed by atoms with Gasteiger partial charge in [-0.3, -0.25) is 0 Å². The van der Waals surface area contributed by atoms with Crippen molar-refractivity contribution in [2.24, 2.45) is 0 Å². The number of rotatable bonds is 1. The molecule has 3 nitrogen and oxygen atoms in total. The average Bonchev–Trinajstić information content (AvgIpc) is 2.58. The Hall–Kier alpha value is -1.77. The first-order valence-electron chi connectivity index (χ1n) is 5.26. The Morgan fingerprint density at radius 3 is 2.69 bits per heavy atom. The Morgan fingerprint density at radius 2 is 2.06 bits per heavy atom. The van der Waals surface area contributed by atoms with E-state index in [2.05, 4.69) is 0 Å². The van der Waals surface area contributed by atoms with Crippen LogP contribution in [-0.2, 0) is 4.74 Å². The lowest BCUT2D eigenvalue weighted by Gasteiger charge is -2.18. The minimum Gasteiger partial charge on any atom is -0.456 e. The molecule has 0 radical (unpaired) electrons. The number of hydrogen-bond donors (Lipinski definition) is 0. The molecule has 0 unspecified atom stereocenters. The van der Waals surface area contributed by atoms with Gasteiger partial charge in [-0.25, -0.2) is 4.79 Å². The molecule has 16 heavy (non-hydrogen) atoms. The maximum Gasteiger partial charge on any atom is 0.340 e. The molecule has 0 atom stereocenters. The minimum absolute atomic E-state index is 0.281. The quantitative estimate of drug-likeness (QED) is 0.688. The van der Waals surface area contributed by atoms with Crippen LogP contribution in [0.1, 0.15) is 31.1 Å². The van der Waals surface area contributed by atoms with Crippen molar-refractivity contribution in [3.8, 4) is 0 Å². The van der Waals surface area contributed by atoms with E-state index < -0.39 is 5.60 Å². The SMILES string of the molecule is CC(C)(C)OC(=O)c1cc2ccccn2c1. The molecule has 0 aliphatic heterocycles. The molecule has 0 saturated heterocycles. The summed E-state index contributed by atoms with van der Waals surface area (Å²) in [7, 11) is 0. The Morgan fingerprint density at radius 1 is 1.31 bits per heavy atom. The Labute approximate surface area is 94.6 Å². The molecule has 0 bridgehead atoms. The molecule has 0 aliphatic carbocycles. The van der Waals surface area contributed by atoms with Crippen LogP contribution in [0.2, 0.25) is 0 Å². The van der Waals surface area contributed by atoms with Crippen LogP contribution >= 0.6 is 0 Å². The number of pyridine rings is 1. The van der Waals surface area contributed by atoms with E-state index in [1.54, 1.807) is 6.20 Å². The highest BCUT2D eigenvalue weighted by atomic mass is 16.6. The fourth-order valence-electron chi connectivity index (χ4n) is 1.50. The lowest BCUT2D eigenvalue weighted by molar-refractivity contribution is 0.00697. The van der Waals surface area contributed by atoms with Crippen LogP contribution in [0.5, 0.6) is 0 Å². The van der Waals surface area contributed by atoms with E-state index >= 15 is 0 Å². The molecule has 2 aromatic rings. The molecule has 0 spiro atoms. The zero-order valence-corrected chi connectivity index (χ0v) is 9.73. The minimum atomic E-state index is -0.453. The maximum absolute atomic E-state index is 11.8. The molecule has 84 valence electrons. The van der Waals surface area contributed by atoms with Crippen LogP contribution in [0, 0.1) is 0 Å². The zero-order valence-electron chi connectivity index (χ0n) is 9.73. The van der Waals surface area contributed by atoms with Crippen LogP contribution in [0.3, 0.4) is 0 Å². The number of aromatic nitrogens is 1. The van der Waals surface area contributed by atoms with E-state index in [4.69, 9.17) is 4.74 Å². The largest absolute Gasteiger partial charge is 0.456 e. The number of ether oxygens (including phenoxy) is 1. The highest BCUT2D eigenvalue weighted by Crippen LogP contribution is 2.15. The fraction of sp³-hybridized carbons (Fsp3) is 0.308. The molecule has 2 aromatic heterocycles. The molecular formula is C13H15NO2. The number of hydrogen-bond acceptors (Lipinski definition) is 2. The van der Waals surface area contributed by atoms with Crippen LogP contribution in [0.25, 0.3) is 5.52 Å². The third-order valence-electron chi connectivity index (χ3n) is 2.14. The van der Waals surface area contributed by atoms with Crippen molar-refractivity contribution in [3.63, 3.8) is 0 Å². The van der Waals surface area contributed by atoms with Gasteiger partial charge in [-0.2, -0.15) is 0 Å². The van der Waals surface area contributed by atoms with Gasteiger partial charge in [-0.1, -0.05) is 6.07 Å². The van der Waals surface area contributed by atoms with Crippen LogP contribution in [0.4, 0.5) is 0 Å². The standard InChI is InChI=1S/C13H15NO2/c1-13(2,3)16-12(15)10-8-11-6-4-5-7-14(11)9-10/h4-9H,1-3H3. The highest BCUT2D eigenvalue weighted by molar-refractivity contribution is 5.91. The molecule has 0 amide bonds. The summed E-state index contributed by atoms with van der Waals surface area (Å²) in [6.45, 7) is 5.59. The zero-order chi connectivity index (χ0) is 11.8. The Kier molecular flexibility index (Phi) is 2.46. The fourth-order valence-corrected chi connectivity index (χ4v) is 1.50. The van der Waals surface area contributed by atoms with E-state index in [0.717, 1.165) is 5.52 Å². The van der Waals surface area contributed by atoms with Gasteiger partial charge in [0, 0.05) is 17.9 Å². The Bertz CT molecular complexity index is 487. The van der Waals surface area contributed by atoms with Crippen LogP contribution in [0.15, 0.2) is 36.7 Å². The molecular weight excluding hydrogens is 202 g/mol. The summed E-state index contributed by atoms with van der Waals surface area (Å²) in [4.78, 5) is 11.8. The number of carbonyl (C=O) groups is 1. The van der Waals surface area contributed by atoms with Crippen LogP contribution in [-0.4, -0.2) is 16.0 Å². The van der Waals surface area contributed by atoms with Gasteiger partial charge in [0.1, 0.15) is 5.60 Å². The van der Waals surface area contributed by atoms with Crippen molar-refractivity contribution in [1.82, 2.24) is 4.40 Å². The molecule has 0 aromatic carbocycles. The third kappa shape index (κ3) is 2.24. The molecule has 2 rings (SSSR count). The second-order valence-corrected chi connectivity index (χ2v) is 4.76. The molecule has 0 fully saturated rings. The van der Waals surface area contributed by atoms with Gasteiger partial charge < -0.3 is 9.14 Å². The van der Waals surface area contributed by atoms with Gasteiger partial charge in [-0.15, -0.1) is 0 Å². The van der Waals surface area contributed by atoms with Gasteiger partial charge in [0.25, 0.3) is 0 Å². The predicted molar refractivity (Wildman–Crippen MR) is 62.6 cm³/mol. The number of esters is 1. The van der Waals surface area contributed by atoms with Gasteiger partial charge in [-0.05, 0) is 39.0 Å². The predicted octanol–water partition coefficient (Wildman–Crippen LogP) is 2.89. The summed E-state index contributed by atoms with van der Waals surface area (Å²) >= 11 is 0. The summed E-state index contributed by atoms with van der Waals surface area (Å²) in [6, 6.07) is 7.64. The second kappa shape index (κ2) is 3.67. The van der Waals surface area contributed by atoms with E-state index in [1.807, 2.05) is 55.6 Å².